The molecule has 0 radical (unpaired) electrons. The van der Waals surface area contributed by atoms with E-state index in [1.807, 2.05) is 6.08 Å². The lowest BCUT2D eigenvalue weighted by Crippen LogP contribution is -2.05. The van der Waals surface area contributed by atoms with Crippen molar-refractivity contribution in [1.82, 2.24) is 0 Å². The Morgan fingerprint density at radius 1 is 1.40 bits per heavy atom. The van der Waals surface area contributed by atoms with E-state index in [0.717, 1.165) is 5.03 Å². The number of rotatable bonds is 0. The van der Waals surface area contributed by atoms with Gasteiger partial charge in [-0.1, -0.05) is 23.5 Å². The van der Waals surface area contributed by atoms with Crippen LogP contribution in [0.3, 0.4) is 0 Å². The highest BCUT2D eigenvalue weighted by Crippen LogP contribution is 2.41. The van der Waals surface area contributed by atoms with Crippen molar-refractivity contribution in [2.24, 2.45) is 16.5 Å². The molecule has 0 aliphatic carbocycles. The maximum atomic E-state index is 5.57. The Morgan fingerprint density at radius 3 is 2.90 bits per heavy atom. The standard InChI is InChI=1S/C5H7N3S2/c6-3-1-2-4(10-3)8-5(7)9-2/h1-2,4H,6H2,(H2,7,8). The summed E-state index contributed by atoms with van der Waals surface area (Å²) in [5.41, 5.74) is 11.1. The van der Waals surface area contributed by atoms with Crippen molar-refractivity contribution < 1.29 is 0 Å². The molecule has 0 bridgehead atoms. The number of nitrogens with two attached hydrogens (primary N) is 2. The van der Waals surface area contributed by atoms with Crippen LogP contribution in [-0.4, -0.2) is 15.8 Å². The summed E-state index contributed by atoms with van der Waals surface area (Å²) < 4.78 is 0. The largest absolute Gasteiger partial charge is 0.394 e. The third-order valence-corrected chi connectivity index (χ3v) is 3.61. The number of nitrogens with zero attached hydrogens (tertiary/aromatic N) is 1. The van der Waals surface area contributed by atoms with Gasteiger partial charge in [0.2, 0.25) is 0 Å². The molecule has 2 heterocycles. The molecule has 10 heavy (non-hydrogen) atoms. The zero-order chi connectivity index (χ0) is 7.14. The van der Waals surface area contributed by atoms with E-state index in [1.165, 1.54) is 0 Å². The predicted octanol–water partition coefficient (Wildman–Crippen LogP) is 0.290. The van der Waals surface area contributed by atoms with Gasteiger partial charge in [-0.3, -0.25) is 0 Å². The first kappa shape index (κ1) is 6.42. The van der Waals surface area contributed by atoms with Crippen LogP contribution in [0.25, 0.3) is 0 Å². The molecule has 0 fully saturated rings. The van der Waals surface area contributed by atoms with Crippen LogP contribution in [0.15, 0.2) is 16.1 Å². The van der Waals surface area contributed by atoms with Crippen LogP contribution in [0.5, 0.6) is 0 Å². The minimum Gasteiger partial charge on any atom is -0.394 e. The van der Waals surface area contributed by atoms with Gasteiger partial charge in [0.1, 0.15) is 5.37 Å². The maximum absolute atomic E-state index is 5.57. The Labute approximate surface area is 67.3 Å². The quantitative estimate of drug-likeness (QED) is 0.552. The third kappa shape index (κ3) is 0.894. The average molecular weight is 173 g/mol. The number of thioether (sulfide) groups is 2. The van der Waals surface area contributed by atoms with Gasteiger partial charge in [-0.15, -0.1) is 0 Å². The Kier molecular flexibility index (Phi) is 1.35. The minimum atomic E-state index is 0.255. The van der Waals surface area contributed by atoms with Crippen LogP contribution in [0.2, 0.25) is 0 Å². The third-order valence-electron chi connectivity index (χ3n) is 1.38. The molecule has 54 valence electrons. The van der Waals surface area contributed by atoms with Crippen LogP contribution in [0.1, 0.15) is 0 Å². The van der Waals surface area contributed by atoms with Crippen LogP contribution < -0.4 is 11.5 Å². The van der Waals surface area contributed by atoms with Crippen LogP contribution in [0, 0.1) is 0 Å². The van der Waals surface area contributed by atoms with E-state index >= 15 is 0 Å². The van der Waals surface area contributed by atoms with E-state index in [2.05, 4.69) is 4.99 Å². The van der Waals surface area contributed by atoms with Crippen molar-refractivity contribution in [3.8, 4) is 0 Å². The van der Waals surface area contributed by atoms with Gasteiger partial charge in [0.15, 0.2) is 5.17 Å². The van der Waals surface area contributed by atoms with Crippen molar-refractivity contribution in [1.29, 1.82) is 0 Å². The molecule has 4 N–H and O–H groups in total. The molecular weight excluding hydrogens is 166 g/mol. The molecule has 0 aromatic carbocycles. The Balaban J connectivity index is 2.17. The summed E-state index contributed by atoms with van der Waals surface area (Å²) in [5, 5.41) is 2.21. The van der Waals surface area contributed by atoms with E-state index in [1.54, 1.807) is 23.5 Å². The molecule has 3 nitrogen and oxygen atoms in total. The molecular formula is C5H7N3S2. The molecule has 0 amide bonds. The second-order valence-corrected chi connectivity index (χ2v) is 4.52. The highest BCUT2D eigenvalue weighted by atomic mass is 32.2. The Hall–Kier alpha value is -0.290. The van der Waals surface area contributed by atoms with E-state index < -0.39 is 0 Å². The van der Waals surface area contributed by atoms with Crippen molar-refractivity contribution >= 4 is 28.7 Å². The highest BCUT2D eigenvalue weighted by molar-refractivity contribution is 8.16. The van der Waals surface area contributed by atoms with Gasteiger partial charge in [-0.2, -0.15) is 0 Å². The Bertz CT molecular complexity index is 199. The lowest BCUT2D eigenvalue weighted by Gasteiger charge is -2.00. The molecule has 2 aliphatic rings. The van der Waals surface area contributed by atoms with Gasteiger partial charge in [0.05, 0.1) is 10.3 Å². The summed E-state index contributed by atoms with van der Waals surface area (Å²) in [6.07, 6.45) is 2.02. The van der Waals surface area contributed by atoms with Crippen molar-refractivity contribution in [3.05, 3.63) is 11.1 Å². The van der Waals surface area contributed by atoms with Gasteiger partial charge in [-0.25, -0.2) is 4.99 Å². The first-order chi connectivity index (χ1) is 4.75. The molecule has 2 atom stereocenters. The molecule has 2 aliphatic heterocycles. The number of amidine groups is 1. The van der Waals surface area contributed by atoms with E-state index in [-0.39, 0.29) is 5.37 Å². The molecule has 0 saturated carbocycles. The topological polar surface area (TPSA) is 64.4 Å². The van der Waals surface area contributed by atoms with Gasteiger partial charge in [0, 0.05) is 0 Å². The molecule has 0 aromatic rings. The Morgan fingerprint density at radius 2 is 2.20 bits per heavy atom. The number of hydrogen-bond donors (Lipinski definition) is 2. The smallest absolute Gasteiger partial charge is 0.155 e. The first-order valence-electron chi connectivity index (χ1n) is 2.89. The van der Waals surface area contributed by atoms with Crippen LogP contribution in [0.4, 0.5) is 0 Å². The normalized spacial score (nSPS) is 37.2. The number of fused-ring (bicyclic) bond motifs is 1. The fraction of sp³-hybridized carbons (Fsp3) is 0.400. The van der Waals surface area contributed by atoms with Crippen molar-refractivity contribution in [2.75, 3.05) is 0 Å². The zero-order valence-electron chi connectivity index (χ0n) is 5.15. The van der Waals surface area contributed by atoms with Crippen LogP contribution in [-0.2, 0) is 0 Å². The zero-order valence-corrected chi connectivity index (χ0v) is 6.78. The van der Waals surface area contributed by atoms with Gasteiger partial charge >= 0.3 is 0 Å². The van der Waals surface area contributed by atoms with Gasteiger partial charge < -0.3 is 11.5 Å². The monoisotopic (exact) mass is 173 g/mol. The van der Waals surface area contributed by atoms with Gasteiger partial charge in [0.25, 0.3) is 0 Å². The van der Waals surface area contributed by atoms with Crippen molar-refractivity contribution in [3.63, 3.8) is 0 Å². The number of hydrogen-bond acceptors (Lipinski definition) is 5. The molecule has 0 aromatic heterocycles. The minimum absolute atomic E-state index is 0.255. The first-order valence-corrected chi connectivity index (χ1v) is 4.65. The molecule has 5 heteroatoms. The molecule has 0 spiro atoms. The SMILES string of the molecule is NC1=CC2SC(N)=NC2S1. The highest BCUT2D eigenvalue weighted by Gasteiger charge is 2.33. The summed E-state index contributed by atoms with van der Waals surface area (Å²) in [7, 11) is 0. The summed E-state index contributed by atoms with van der Waals surface area (Å²) in [5.74, 6) is 0. The second kappa shape index (κ2) is 2.10. The fourth-order valence-corrected chi connectivity index (χ4v) is 3.19. The molecule has 2 unspecified atom stereocenters. The fourth-order valence-electron chi connectivity index (χ4n) is 0.977. The average Bonchev–Trinajstić information content (AvgIpc) is 2.21. The summed E-state index contributed by atoms with van der Waals surface area (Å²) in [6.45, 7) is 0. The summed E-state index contributed by atoms with van der Waals surface area (Å²) >= 11 is 3.18. The second-order valence-electron chi connectivity index (χ2n) is 2.13. The lowest BCUT2D eigenvalue weighted by molar-refractivity contribution is 0.992. The molecule has 0 saturated heterocycles. The lowest BCUT2D eigenvalue weighted by atomic mass is 10.4. The van der Waals surface area contributed by atoms with E-state index in [9.17, 15) is 0 Å². The summed E-state index contributed by atoms with van der Waals surface area (Å²) in [6, 6.07) is 0. The maximum Gasteiger partial charge on any atom is 0.155 e. The predicted molar refractivity (Wildman–Crippen MR) is 46.7 cm³/mol. The molecule has 2 rings (SSSR count). The van der Waals surface area contributed by atoms with Crippen molar-refractivity contribution in [2.45, 2.75) is 10.6 Å². The van der Waals surface area contributed by atoms with Gasteiger partial charge in [-0.05, 0) is 6.08 Å². The van der Waals surface area contributed by atoms with E-state index in [0.29, 0.717) is 10.4 Å². The van der Waals surface area contributed by atoms with Crippen LogP contribution >= 0.6 is 23.5 Å². The van der Waals surface area contributed by atoms with E-state index in [4.69, 9.17) is 11.5 Å². The summed E-state index contributed by atoms with van der Waals surface area (Å²) in [4.78, 5) is 4.19. The number of aliphatic imine (C=N–C) groups is 1.